The van der Waals surface area contributed by atoms with E-state index in [0.29, 0.717) is 6.04 Å². The predicted octanol–water partition coefficient (Wildman–Crippen LogP) is 1.73. The molecule has 0 rings (SSSR count). The first-order chi connectivity index (χ1) is 7.24. The van der Waals surface area contributed by atoms with Gasteiger partial charge in [-0.15, -0.1) is 0 Å². The minimum atomic E-state index is 0.463. The van der Waals surface area contributed by atoms with E-state index >= 15 is 0 Å². The average Bonchev–Trinajstić information content (AvgIpc) is 2.25. The lowest BCUT2D eigenvalue weighted by Crippen LogP contribution is -2.38. The third kappa shape index (κ3) is 8.85. The van der Waals surface area contributed by atoms with E-state index in [1.165, 1.54) is 13.0 Å². The molecular formula is C12H28N2O. The monoisotopic (exact) mass is 216 g/mol. The molecule has 0 radical (unpaired) electrons. The summed E-state index contributed by atoms with van der Waals surface area (Å²) in [7, 11) is 0. The van der Waals surface area contributed by atoms with E-state index in [1.54, 1.807) is 0 Å². The first kappa shape index (κ1) is 14.9. The highest BCUT2D eigenvalue weighted by molar-refractivity contribution is 4.62. The number of rotatable bonds is 10. The second-order valence-corrected chi connectivity index (χ2v) is 3.95. The second-order valence-electron chi connectivity index (χ2n) is 3.95. The predicted molar refractivity (Wildman–Crippen MR) is 66.4 cm³/mol. The van der Waals surface area contributed by atoms with E-state index < -0.39 is 0 Å². The lowest BCUT2D eigenvalue weighted by Gasteiger charge is -2.21. The van der Waals surface area contributed by atoms with Gasteiger partial charge >= 0.3 is 0 Å². The molecule has 3 heteroatoms. The normalized spacial score (nSPS) is 13.4. The third-order valence-electron chi connectivity index (χ3n) is 2.48. The number of nitrogens with one attached hydrogen (secondary N) is 1. The zero-order chi connectivity index (χ0) is 11.5. The highest BCUT2D eigenvalue weighted by atomic mass is 16.5. The molecule has 0 aliphatic heterocycles. The topological polar surface area (TPSA) is 24.5 Å². The Morgan fingerprint density at radius 2 is 1.93 bits per heavy atom. The van der Waals surface area contributed by atoms with Crippen LogP contribution in [0.3, 0.4) is 0 Å². The number of nitrogens with zero attached hydrogens (tertiary/aromatic N) is 1. The van der Waals surface area contributed by atoms with Gasteiger partial charge in [-0.1, -0.05) is 13.8 Å². The largest absolute Gasteiger partial charge is 0.380 e. The highest BCUT2D eigenvalue weighted by Gasteiger charge is 2.03. The Kier molecular flexibility index (Phi) is 10.3. The third-order valence-corrected chi connectivity index (χ3v) is 2.48. The molecule has 0 fully saturated rings. The van der Waals surface area contributed by atoms with Gasteiger partial charge in [-0.3, -0.25) is 0 Å². The summed E-state index contributed by atoms with van der Waals surface area (Å²) in [5.74, 6) is 0. The highest BCUT2D eigenvalue weighted by Crippen LogP contribution is 1.90. The van der Waals surface area contributed by atoms with Gasteiger partial charge in [0.15, 0.2) is 0 Å². The maximum atomic E-state index is 5.35. The second kappa shape index (κ2) is 10.4. The molecule has 3 nitrogen and oxygen atoms in total. The molecule has 0 aliphatic rings. The van der Waals surface area contributed by atoms with Crippen LogP contribution in [0.4, 0.5) is 0 Å². The quantitative estimate of drug-likeness (QED) is 0.602. The van der Waals surface area contributed by atoms with Crippen molar-refractivity contribution in [2.24, 2.45) is 0 Å². The maximum absolute atomic E-state index is 5.35. The first-order valence-electron chi connectivity index (χ1n) is 6.28. The van der Waals surface area contributed by atoms with Crippen molar-refractivity contribution in [2.75, 3.05) is 39.4 Å². The van der Waals surface area contributed by atoms with E-state index in [9.17, 15) is 0 Å². The molecule has 0 aliphatic carbocycles. The van der Waals surface area contributed by atoms with Crippen LogP contribution in [0.25, 0.3) is 0 Å². The Labute approximate surface area is 95.2 Å². The Morgan fingerprint density at radius 1 is 1.20 bits per heavy atom. The standard InChI is InChI=1S/C12H28N2O/c1-5-9-14(6-2)10-8-13-12(4)11-15-7-3/h12-13H,5-11H2,1-4H3. The molecule has 1 N–H and O–H groups in total. The van der Waals surface area contributed by atoms with Crippen LogP contribution in [-0.4, -0.2) is 50.3 Å². The van der Waals surface area contributed by atoms with Crippen molar-refractivity contribution in [3.63, 3.8) is 0 Å². The van der Waals surface area contributed by atoms with Crippen molar-refractivity contribution in [3.8, 4) is 0 Å². The number of hydrogen-bond acceptors (Lipinski definition) is 3. The average molecular weight is 216 g/mol. The lowest BCUT2D eigenvalue weighted by molar-refractivity contribution is 0.126. The molecule has 0 amide bonds. The summed E-state index contributed by atoms with van der Waals surface area (Å²) >= 11 is 0. The van der Waals surface area contributed by atoms with E-state index in [0.717, 1.165) is 32.8 Å². The minimum absolute atomic E-state index is 0.463. The molecule has 0 aromatic rings. The van der Waals surface area contributed by atoms with Gasteiger partial charge < -0.3 is 15.0 Å². The van der Waals surface area contributed by atoms with Crippen LogP contribution in [0.15, 0.2) is 0 Å². The van der Waals surface area contributed by atoms with Gasteiger partial charge in [0.05, 0.1) is 6.61 Å². The van der Waals surface area contributed by atoms with Crippen molar-refractivity contribution in [2.45, 2.75) is 40.2 Å². The summed E-state index contributed by atoms with van der Waals surface area (Å²) in [4.78, 5) is 2.47. The molecule has 0 bridgehead atoms. The SMILES string of the molecule is CCCN(CC)CCNC(C)COCC. The molecule has 1 unspecified atom stereocenters. The van der Waals surface area contributed by atoms with Gasteiger partial charge in [0.2, 0.25) is 0 Å². The Hall–Kier alpha value is -0.120. The summed E-state index contributed by atoms with van der Waals surface area (Å²) in [5.41, 5.74) is 0. The summed E-state index contributed by atoms with van der Waals surface area (Å²) in [6.07, 6.45) is 1.24. The Morgan fingerprint density at radius 3 is 2.47 bits per heavy atom. The molecule has 0 aromatic heterocycles. The van der Waals surface area contributed by atoms with Crippen LogP contribution in [0, 0.1) is 0 Å². The fourth-order valence-corrected chi connectivity index (χ4v) is 1.57. The van der Waals surface area contributed by atoms with Crippen molar-refractivity contribution in [3.05, 3.63) is 0 Å². The van der Waals surface area contributed by atoms with Crippen LogP contribution in [0.1, 0.15) is 34.1 Å². The molecule has 1 atom stereocenters. The molecule has 0 spiro atoms. The van der Waals surface area contributed by atoms with Gasteiger partial charge in [0.25, 0.3) is 0 Å². The van der Waals surface area contributed by atoms with Gasteiger partial charge in [-0.05, 0) is 33.4 Å². The Balaban J connectivity index is 3.41. The summed E-state index contributed by atoms with van der Waals surface area (Å²) < 4.78 is 5.35. The maximum Gasteiger partial charge on any atom is 0.0616 e. The molecule has 0 saturated carbocycles. The smallest absolute Gasteiger partial charge is 0.0616 e. The number of likely N-dealkylation sites (N-methyl/N-ethyl adjacent to an activating group) is 1. The molecule has 0 aromatic carbocycles. The van der Waals surface area contributed by atoms with Gasteiger partial charge in [0, 0.05) is 25.7 Å². The summed E-state index contributed by atoms with van der Waals surface area (Å²) in [6.45, 7) is 14.8. The van der Waals surface area contributed by atoms with Gasteiger partial charge in [-0.2, -0.15) is 0 Å². The van der Waals surface area contributed by atoms with E-state index in [2.05, 4.69) is 31.0 Å². The molecule has 15 heavy (non-hydrogen) atoms. The van der Waals surface area contributed by atoms with Crippen LogP contribution in [0.5, 0.6) is 0 Å². The molecule has 0 saturated heterocycles. The zero-order valence-electron chi connectivity index (χ0n) is 10.9. The van der Waals surface area contributed by atoms with Crippen LogP contribution in [-0.2, 0) is 4.74 Å². The van der Waals surface area contributed by atoms with Gasteiger partial charge in [0.1, 0.15) is 0 Å². The van der Waals surface area contributed by atoms with Crippen molar-refractivity contribution >= 4 is 0 Å². The minimum Gasteiger partial charge on any atom is -0.380 e. The summed E-state index contributed by atoms with van der Waals surface area (Å²) in [6, 6.07) is 0.463. The van der Waals surface area contributed by atoms with Crippen LogP contribution in [0.2, 0.25) is 0 Å². The van der Waals surface area contributed by atoms with Crippen molar-refractivity contribution in [1.82, 2.24) is 10.2 Å². The summed E-state index contributed by atoms with van der Waals surface area (Å²) in [5, 5.41) is 3.47. The Bertz CT molecular complexity index is 131. The molecule has 92 valence electrons. The fraction of sp³-hybridized carbons (Fsp3) is 1.00. The van der Waals surface area contributed by atoms with Crippen LogP contribution < -0.4 is 5.32 Å². The van der Waals surface area contributed by atoms with E-state index in [-0.39, 0.29) is 0 Å². The molecular weight excluding hydrogens is 188 g/mol. The lowest BCUT2D eigenvalue weighted by atomic mass is 10.3. The van der Waals surface area contributed by atoms with E-state index in [1.807, 2.05) is 6.92 Å². The number of ether oxygens (including phenoxy) is 1. The van der Waals surface area contributed by atoms with Gasteiger partial charge in [-0.25, -0.2) is 0 Å². The van der Waals surface area contributed by atoms with E-state index in [4.69, 9.17) is 4.74 Å². The molecule has 0 heterocycles. The van der Waals surface area contributed by atoms with Crippen molar-refractivity contribution in [1.29, 1.82) is 0 Å². The number of hydrogen-bond donors (Lipinski definition) is 1. The van der Waals surface area contributed by atoms with Crippen molar-refractivity contribution < 1.29 is 4.74 Å². The van der Waals surface area contributed by atoms with Crippen LogP contribution >= 0.6 is 0 Å². The first-order valence-corrected chi connectivity index (χ1v) is 6.28. The fourth-order valence-electron chi connectivity index (χ4n) is 1.57. The zero-order valence-corrected chi connectivity index (χ0v) is 10.9.